The summed E-state index contributed by atoms with van der Waals surface area (Å²) in [7, 11) is 0. The summed E-state index contributed by atoms with van der Waals surface area (Å²) in [4.78, 5) is 0. The minimum atomic E-state index is 0.204. The number of hydrogen-bond donors (Lipinski definition) is 1. The molecule has 25 heavy (non-hydrogen) atoms. The highest BCUT2D eigenvalue weighted by Crippen LogP contribution is 2.33. The second kappa shape index (κ2) is 7.64. The molecule has 4 nitrogen and oxygen atoms in total. The molecule has 2 atom stereocenters. The zero-order chi connectivity index (χ0) is 16.9. The molecule has 0 radical (unpaired) electrons. The Kier molecular flexibility index (Phi) is 4.91. The van der Waals surface area contributed by atoms with E-state index in [1.807, 2.05) is 23.1 Å². The minimum absolute atomic E-state index is 0.204. The first-order valence-electron chi connectivity index (χ1n) is 8.87. The van der Waals surface area contributed by atoms with E-state index in [9.17, 15) is 0 Å². The fourth-order valence-electron chi connectivity index (χ4n) is 3.54. The van der Waals surface area contributed by atoms with E-state index in [0.29, 0.717) is 5.92 Å². The van der Waals surface area contributed by atoms with Gasteiger partial charge in [0.15, 0.2) is 0 Å². The topological polar surface area (TPSA) is 39.1 Å². The molecule has 0 aliphatic carbocycles. The van der Waals surface area contributed by atoms with Crippen LogP contribution in [-0.4, -0.2) is 22.9 Å². The van der Waals surface area contributed by atoms with Gasteiger partial charge in [-0.1, -0.05) is 48.5 Å². The fourth-order valence-corrected chi connectivity index (χ4v) is 3.54. The van der Waals surface area contributed by atoms with E-state index in [-0.39, 0.29) is 6.10 Å². The maximum atomic E-state index is 5.98. The zero-order valence-electron chi connectivity index (χ0n) is 14.2. The van der Waals surface area contributed by atoms with Crippen LogP contribution in [0.1, 0.15) is 23.7 Å². The molecule has 128 valence electrons. The predicted molar refractivity (Wildman–Crippen MR) is 98.5 cm³/mol. The summed E-state index contributed by atoms with van der Waals surface area (Å²) in [6.45, 7) is 2.62. The monoisotopic (exact) mass is 333 g/mol. The average Bonchev–Trinajstić information content (AvgIpc) is 3.35. The summed E-state index contributed by atoms with van der Waals surface area (Å²) >= 11 is 0. The highest BCUT2D eigenvalue weighted by atomic mass is 16.5. The lowest BCUT2D eigenvalue weighted by Crippen LogP contribution is -2.25. The van der Waals surface area contributed by atoms with E-state index in [1.165, 1.54) is 11.1 Å². The number of nitrogens with zero attached hydrogens (tertiary/aromatic N) is 2. The van der Waals surface area contributed by atoms with Crippen molar-refractivity contribution >= 4 is 0 Å². The quantitative estimate of drug-likeness (QED) is 0.747. The fraction of sp³-hybridized carbons (Fsp3) is 0.286. The molecule has 0 saturated carbocycles. The van der Waals surface area contributed by atoms with Crippen molar-refractivity contribution < 1.29 is 4.74 Å². The third-order valence-electron chi connectivity index (χ3n) is 4.81. The molecule has 4 rings (SSSR count). The lowest BCUT2D eigenvalue weighted by Gasteiger charge is -2.20. The van der Waals surface area contributed by atoms with E-state index in [4.69, 9.17) is 4.74 Å². The first-order chi connectivity index (χ1) is 12.4. The largest absolute Gasteiger partial charge is 0.373 e. The van der Waals surface area contributed by atoms with Crippen LogP contribution in [0.3, 0.4) is 0 Å². The van der Waals surface area contributed by atoms with Crippen LogP contribution in [0.25, 0.3) is 5.69 Å². The molecular weight excluding hydrogens is 310 g/mol. The van der Waals surface area contributed by atoms with Gasteiger partial charge < -0.3 is 10.1 Å². The van der Waals surface area contributed by atoms with Crippen molar-refractivity contribution in [3.8, 4) is 5.69 Å². The second-order valence-corrected chi connectivity index (χ2v) is 6.46. The summed E-state index contributed by atoms with van der Waals surface area (Å²) in [5.41, 5.74) is 3.66. The molecular formula is C21H23N3O. The Bertz CT molecular complexity index is 786. The van der Waals surface area contributed by atoms with E-state index >= 15 is 0 Å². The summed E-state index contributed by atoms with van der Waals surface area (Å²) in [5.74, 6) is 0.513. The second-order valence-electron chi connectivity index (χ2n) is 6.46. The van der Waals surface area contributed by atoms with E-state index < -0.39 is 0 Å². The molecule has 0 bridgehead atoms. The highest BCUT2D eigenvalue weighted by Gasteiger charge is 2.29. The number of aromatic nitrogens is 2. The summed E-state index contributed by atoms with van der Waals surface area (Å²) < 4.78 is 7.90. The van der Waals surface area contributed by atoms with Gasteiger partial charge in [-0.15, -0.1) is 0 Å². The summed E-state index contributed by atoms with van der Waals surface area (Å²) in [6.07, 6.45) is 5.10. The smallest absolute Gasteiger partial charge is 0.0866 e. The van der Waals surface area contributed by atoms with Crippen LogP contribution in [0.4, 0.5) is 0 Å². The van der Waals surface area contributed by atoms with Crippen LogP contribution >= 0.6 is 0 Å². The lowest BCUT2D eigenvalue weighted by molar-refractivity contribution is 0.0904. The number of para-hydroxylation sites is 1. The Labute approximate surface area is 148 Å². The van der Waals surface area contributed by atoms with Crippen molar-refractivity contribution in [3.63, 3.8) is 0 Å². The number of rotatable bonds is 6. The van der Waals surface area contributed by atoms with Crippen molar-refractivity contribution in [1.29, 1.82) is 0 Å². The van der Waals surface area contributed by atoms with Gasteiger partial charge in [0.05, 0.1) is 11.8 Å². The number of benzene rings is 2. The van der Waals surface area contributed by atoms with Crippen LogP contribution < -0.4 is 5.32 Å². The first-order valence-corrected chi connectivity index (χ1v) is 8.87. The Morgan fingerprint density at radius 2 is 1.88 bits per heavy atom. The standard InChI is InChI=1S/C21H23N3O/c1-2-7-17(8-3-1)21-19(11-14-25-21)16-22-15-18-9-4-5-10-20(18)24-13-6-12-23-24/h1-10,12-13,19,21-22H,11,14-16H2/t19-,21+/m0/s1. The molecule has 1 fully saturated rings. The molecule has 1 aromatic heterocycles. The van der Waals surface area contributed by atoms with Crippen molar-refractivity contribution in [3.05, 3.63) is 84.2 Å². The molecule has 1 aliphatic rings. The molecule has 1 aliphatic heterocycles. The average molecular weight is 333 g/mol. The number of hydrogen-bond acceptors (Lipinski definition) is 3. The Morgan fingerprint density at radius 3 is 2.72 bits per heavy atom. The van der Waals surface area contributed by atoms with Crippen LogP contribution in [0.2, 0.25) is 0 Å². The van der Waals surface area contributed by atoms with Gasteiger partial charge in [-0.3, -0.25) is 0 Å². The van der Waals surface area contributed by atoms with Crippen LogP contribution in [0.15, 0.2) is 73.1 Å². The maximum absolute atomic E-state index is 5.98. The molecule has 2 aromatic carbocycles. The van der Waals surface area contributed by atoms with Gasteiger partial charge in [0.1, 0.15) is 0 Å². The Balaban J connectivity index is 1.40. The summed E-state index contributed by atoms with van der Waals surface area (Å²) in [5, 5.41) is 7.98. The van der Waals surface area contributed by atoms with Gasteiger partial charge in [0.2, 0.25) is 0 Å². The van der Waals surface area contributed by atoms with Crippen molar-refractivity contribution in [2.45, 2.75) is 19.1 Å². The van der Waals surface area contributed by atoms with Crippen LogP contribution in [0.5, 0.6) is 0 Å². The normalized spacial score (nSPS) is 20.0. The third kappa shape index (κ3) is 3.65. The lowest BCUT2D eigenvalue weighted by atomic mass is 9.95. The van der Waals surface area contributed by atoms with Gasteiger partial charge in [0.25, 0.3) is 0 Å². The molecule has 3 aromatic rings. The van der Waals surface area contributed by atoms with E-state index in [0.717, 1.165) is 31.8 Å². The van der Waals surface area contributed by atoms with Gasteiger partial charge in [-0.2, -0.15) is 5.10 Å². The number of ether oxygens (including phenoxy) is 1. The molecule has 0 unspecified atom stereocenters. The zero-order valence-corrected chi connectivity index (χ0v) is 14.2. The predicted octanol–water partition coefficient (Wildman–Crippen LogP) is 3.74. The number of nitrogens with one attached hydrogen (secondary N) is 1. The van der Waals surface area contributed by atoms with E-state index in [1.54, 1.807) is 0 Å². The van der Waals surface area contributed by atoms with Crippen LogP contribution in [-0.2, 0) is 11.3 Å². The molecule has 4 heteroatoms. The Morgan fingerprint density at radius 1 is 1.04 bits per heavy atom. The Hall–Kier alpha value is -2.43. The molecule has 1 saturated heterocycles. The molecule has 2 heterocycles. The van der Waals surface area contributed by atoms with Crippen molar-refractivity contribution in [2.24, 2.45) is 5.92 Å². The SMILES string of the molecule is c1ccc([C@H]2OCC[C@H]2CNCc2ccccc2-n2cccn2)cc1. The molecule has 1 N–H and O–H groups in total. The van der Waals surface area contributed by atoms with Gasteiger partial charge >= 0.3 is 0 Å². The summed E-state index contributed by atoms with van der Waals surface area (Å²) in [6, 6.07) is 20.9. The van der Waals surface area contributed by atoms with E-state index in [2.05, 4.69) is 65.0 Å². The molecule has 0 amide bonds. The van der Waals surface area contributed by atoms with Gasteiger partial charge in [-0.25, -0.2) is 4.68 Å². The maximum Gasteiger partial charge on any atom is 0.0866 e. The van der Waals surface area contributed by atoms with Gasteiger partial charge in [0, 0.05) is 38.0 Å². The third-order valence-corrected chi connectivity index (χ3v) is 4.81. The van der Waals surface area contributed by atoms with Gasteiger partial charge in [-0.05, 0) is 29.7 Å². The first kappa shape index (κ1) is 16.1. The van der Waals surface area contributed by atoms with Crippen molar-refractivity contribution in [2.75, 3.05) is 13.2 Å². The minimum Gasteiger partial charge on any atom is -0.373 e. The molecule has 0 spiro atoms. The van der Waals surface area contributed by atoms with Crippen LogP contribution in [0, 0.1) is 5.92 Å². The van der Waals surface area contributed by atoms with Crippen molar-refractivity contribution in [1.82, 2.24) is 15.1 Å². The highest BCUT2D eigenvalue weighted by molar-refractivity contribution is 5.40.